The first-order valence-corrected chi connectivity index (χ1v) is 8.59. The maximum absolute atomic E-state index is 12.6. The number of amides is 1. The summed E-state index contributed by atoms with van der Waals surface area (Å²) in [5.41, 5.74) is 5.62. The number of anilines is 1. The lowest BCUT2D eigenvalue weighted by Crippen LogP contribution is -2.03. The highest BCUT2D eigenvalue weighted by Crippen LogP contribution is 2.42. The van der Waals surface area contributed by atoms with Crippen molar-refractivity contribution in [2.45, 2.75) is 0 Å². The number of nitrogens with one attached hydrogen (secondary N) is 2. The first kappa shape index (κ1) is 14.7. The minimum Gasteiger partial charge on any atom is -0.362 e. The minimum absolute atomic E-state index is 0.0673. The molecule has 26 heavy (non-hydrogen) atoms. The summed E-state index contributed by atoms with van der Waals surface area (Å²) in [6.07, 6.45) is 3.77. The summed E-state index contributed by atoms with van der Waals surface area (Å²) in [5.74, 6) is -0.0673. The number of fused-ring (bicyclic) bond motifs is 2. The Morgan fingerprint density at radius 1 is 0.769 bits per heavy atom. The molecule has 0 atom stereocenters. The molecule has 1 aliphatic rings. The largest absolute Gasteiger partial charge is 0.362 e. The van der Waals surface area contributed by atoms with Crippen molar-refractivity contribution in [2.75, 3.05) is 5.32 Å². The van der Waals surface area contributed by atoms with Gasteiger partial charge < -0.3 is 10.3 Å². The van der Waals surface area contributed by atoms with E-state index in [1.54, 1.807) is 0 Å². The van der Waals surface area contributed by atoms with Crippen molar-refractivity contribution in [1.29, 1.82) is 0 Å². The maximum Gasteiger partial charge on any atom is 0.256 e. The van der Waals surface area contributed by atoms with E-state index in [4.69, 9.17) is 0 Å². The molecule has 0 unspecified atom stereocenters. The summed E-state index contributed by atoms with van der Waals surface area (Å²) in [5, 5.41) is 5.37. The number of H-pyrrole nitrogens is 1. The third kappa shape index (κ3) is 2.25. The Kier molecular flexibility index (Phi) is 3.25. The molecular weight excluding hydrogens is 320 g/mol. The van der Waals surface area contributed by atoms with Crippen molar-refractivity contribution >= 4 is 34.0 Å². The Labute approximate surface area is 151 Å². The van der Waals surface area contributed by atoms with Crippen molar-refractivity contribution < 1.29 is 4.79 Å². The van der Waals surface area contributed by atoms with Crippen molar-refractivity contribution in [1.82, 2.24) is 4.98 Å². The average molecular weight is 336 g/mol. The highest BCUT2D eigenvalue weighted by atomic mass is 16.2. The molecule has 1 aliphatic heterocycles. The Bertz CT molecular complexity index is 1160. The molecule has 0 saturated heterocycles. The molecule has 3 nitrogen and oxygen atoms in total. The molecule has 0 spiro atoms. The third-order valence-corrected chi connectivity index (χ3v) is 4.83. The average Bonchev–Trinajstić information content (AvgIpc) is 3.29. The van der Waals surface area contributed by atoms with E-state index in [9.17, 15) is 4.79 Å². The highest BCUT2D eigenvalue weighted by molar-refractivity contribution is 6.36. The first-order valence-electron chi connectivity index (χ1n) is 8.59. The molecule has 3 aromatic carbocycles. The molecule has 0 saturated carbocycles. The molecule has 0 radical (unpaired) electrons. The second kappa shape index (κ2) is 5.74. The Morgan fingerprint density at radius 3 is 2.46 bits per heavy atom. The number of benzene rings is 3. The molecule has 1 aromatic heterocycles. The van der Waals surface area contributed by atoms with Crippen LogP contribution in [0.5, 0.6) is 0 Å². The molecule has 5 rings (SSSR count). The van der Waals surface area contributed by atoms with Crippen LogP contribution in [-0.2, 0) is 4.79 Å². The fraction of sp³-hybridized carbons (Fsp3) is 0. The molecule has 0 aliphatic carbocycles. The van der Waals surface area contributed by atoms with Gasteiger partial charge in [-0.2, -0.15) is 0 Å². The maximum atomic E-state index is 12.6. The molecule has 4 aromatic rings. The van der Waals surface area contributed by atoms with E-state index >= 15 is 0 Å². The molecule has 2 heterocycles. The van der Waals surface area contributed by atoms with E-state index in [-0.39, 0.29) is 5.91 Å². The Morgan fingerprint density at radius 2 is 1.58 bits per heavy atom. The van der Waals surface area contributed by atoms with Gasteiger partial charge in [-0.15, -0.1) is 0 Å². The van der Waals surface area contributed by atoms with E-state index in [1.165, 1.54) is 10.8 Å². The topological polar surface area (TPSA) is 44.9 Å². The second-order valence-corrected chi connectivity index (χ2v) is 6.39. The van der Waals surface area contributed by atoms with Crippen LogP contribution in [0.1, 0.15) is 11.3 Å². The van der Waals surface area contributed by atoms with Gasteiger partial charge >= 0.3 is 0 Å². The fourth-order valence-corrected chi connectivity index (χ4v) is 3.66. The summed E-state index contributed by atoms with van der Waals surface area (Å²) < 4.78 is 0. The van der Waals surface area contributed by atoms with Gasteiger partial charge in [0.1, 0.15) is 0 Å². The van der Waals surface area contributed by atoms with Crippen LogP contribution >= 0.6 is 0 Å². The van der Waals surface area contributed by atoms with Crippen LogP contribution in [0.2, 0.25) is 0 Å². The zero-order valence-electron chi connectivity index (χ0n) is 14.0. The Balaban J connectivity index is 1.79. The van der Waals surface area contributed by atoms with Gasteiger partial charge in [0.05, 0.1) is 5.57 Å². The lowest BCUT2D eigenvalue weighted by molar-refractivity contribution is -0.110. The normalized spacial score (nSPS) is 14.6. The number of carbonyl (C=O) groups excluding carboxylic acids is 1. The Hall–Kier alpha value is -3.59. The van der Waals surface area contributed by atoms with Gasteiger partial charge in [-0.05, 0) is 46.2 Å². The van der Waals surface area contributed by atoms with Crippen molar-refractivity contribution in [3.05, 3.63) is 90.3 Å². The van der Waals surface area contributed by atoms with Gasteiger partial charge in [0, 0.05) is 23.1 Å². The summed E-state index contributed by atoms with van der Waals surface area (Å²) in [7, 11) is 0. The van der Waals surface area contributed by atoms with Gasteiger partial charge in [-0.3, -0.25) is 4.79 Å². The van der Waals surface area contributed by atoms with Crippen molar-refractivity contribution in [3.63, 3.8) is 0 Å². The smallest absolute Gasteiger partial charge is 0.256 e. The number of carbonyl (C=O) groups is 1. The van der Waals surface area contributed by atoms with Crippen LogP contribution in [-0.4, -0.2) is 10.9 Å². The molecule has 1 amide bonds. The van der Waals surface area contributed by atoms with Crippen LogP contribution in [0, 0.1) is 0 Å². The first-order chi connectivity index (χ1) is 12.8. The zero-order chi connectivity index (χ0) is 17.5. The van der Waals surface area contributed by atoms with Gasteiger partial charge in [-0.25, -0.2) is 0 Å². The SMILES string of the molecule is O=C1Nc2cccc(-c3cccc4ccccc34)c2/C1=C/c1ccc[nH]1. The van der Waals surface area contributed by atoms with Crippen LogP contribution in [0.4, 0.5) is 5.69 Å². The summed E-state index contributed by atoms with van der Waals surface area (Å²) in [4.78, 5) is 15.8. The number of aromatic amines is 1. The standard InChI is InChI=1S/C23H16N2O/c26-23-20(14-16-8-5-13-24-16)22-19(11-4-12-21(22)25-23)18-10-3-7-15-6-1-2-9-17(15)18/h1-14,24H,(H,25,26)/b20-14-. The lowest BCUT2D eigenvalue weighted by atomic mass is 9.91. The monoisotopic (exact) mass is 336 g/mol. The lowest BCUT2D eigenvalue weighted by Gasteiger charge is -2.11. The van der Waals surface area contributed by atoms with Crippen LogP contribution in [0.3, 0.4) is 0 Å². The van der Waals surface area contributed by atoms with E-state index in [2.05, 4.69) is 46.7 Å². The van der Waals surface area contributed by atoms with Gasteiger partial charge in [-0.1, -0.05) is 54.6 Å². The van der Waals surface area contributed by atoms with Crippen molar-refractivity contribution in [3.8, 4) is 11.1 Å². The zero-order valence-corrected chi connectivity index (χ0v) is 14.0. The quantitative estimate of drug-likeness (QED) is 0.478. The number of rotatable bonds is 2. The summed E-state index contributed by atoms with van der Waals surface area (Å²) in [6, 6.07) is 24.6. The minimum atomic E-state index is -0.0673. The van der Waals surface area contributed by atoms with Crippen LogP contribution in [0.15, 0.2) is 79.0 Å². The van der Waals surface area contributed by atoms with Crippen LogP contribution in [0.25, 0.3) is 33.5 Å². The highest BCUT2D eigenvalue weighted by Gasteiger charge is 2.27. The molecule has 124 valence electrons. The third-order valence-electron chi connectivity index (χ3n) is 4.83. The van der Waals surface area contributed by atoms with Gasteiger partial charge in [0.15, 0.2) is 0 Å². The van der Waals surface area contributed by atoms with E-state index in [1.807, 2.05) is 48.7 Å². The second-order valence-electron chi connectivity index (χ2n) is 6.39. The fourth-order valence-electron chi connectivity index (χ4n) is 3.66. The van der Waals surface area contributed by atoms with Crippen molar-refractivity contribution in [2.24, 2.45) is 0 Å². The summed E-state index contributed by atoms with van der Waals surface area (Å²) in [6.45, 7) is 0. The van der Waals surface area contributed by atoms with Gasteiger partial charge in [0.25, 0.3) is 5.91 Å². The molecule has 2 N–H and O–H groups in total. The predicted octanol–water partition coefficient (Wildman–Crippen LogP) is 5.33. The van der Waals surface area contributed by atoms with Gasteiger partial charge in [0.2, 0.25) is 0 Å². The van der Waals surface area contributed by atoms with Crippen LogP contribution < -0.4 is 5.32 Å². The number of hydrogen-bond donors (Lipinski definition) is 2. The molecule has 0 bridgehead atoms. The number of aromatic nitrogens is 1. The number of hydrogen-bond acceptors (Lipinski definition) is 1. The molecular formula is C23H16N2O. The van der Waals surface area contributed by atoms with E-state index in [0.29, 0.717) is 5.57 Å². The predicted molar refractivity (Wildman–Crippen MR) is 107 cm³/mol. The molecule has 0 fully saturated rings. The van der Waals surface area contributed by atoms with E-state index < -0.39 is 0 Å². The molecule has 3 heteroatoms. The van der Waals surface area contributed by atoms with E-state index in [0.717, 1.165) is 28.1 Å². The summed E-state index contributed by atoms with van der Waals surface area (Å²) >= 11 is 0.